The number of hydrogen-bond acceptors (Lipinski definition) is 7. The van der Waals surface area contributed by atoms with Crippen LogP contribution in [0.15, 0.2) is 54.6 Å². The lowest BCUT2D eigenvalue weighted by molar-refractivity contribution is -0.163. The fourth-order valence-electron chi connectivity index (χ4n) is 9.86. The smallest absolute Gasteiger partial charge is 0.310 e. The molecule has 8 N–H and O–H groups in total. The molecule has 0 fully saturated rings. The van der Waals surface area contributed by atoms with Crippen LogP contribution in [0.2, 0.25) is 0 Å². The molecule has 0 saturated heterocycles. The zero-order chi connectivity index (χ0) is 52.4. The number of aliphatic carboxylic acids is 1. The largest absolute Gasteiger partial charge is 0.481 e. The van der Waals surface area contributed by atoms with Gasteiger partial charge in [-0.3, -0.25) is 9.59 Å². The molecule has 0 aromatic heterocycles. The molecule has 1 amide bonds. The first kappa shape index (κ1) is 73.0. The first-order valence-corrected chi connectivity index (χ1v) is 29.2. The highest BCUT2D eigenvalue weighted by molar-refractivity contribution is 5.85. The second-order valence-corrected chi connectivity index (χ2v) is 20.2. The van der Waals surface area contributed by atoms with Gasteiger partial charge in [-0.15, -0.1) is 12.4 Å². The summed E-state index contributed by atoms with van der Waals surface area (Å²) in [5.74, 6) is -0.533. The topological polar surface area (TPSA) is 157 Å². The Balaban J connectivity index is -0.00000285. The number of rotatable bonds is 45. The third-order valence-electron chi connectivity index (χ3n) is 14.6. The van der Waals surface area contributed by atoms with Crippen LogP contribution in [0.25, 0.3) is 0 Å². The molecular weight excluding hydrogens is 904 g/mol. The number of benzene rings is 1. The van der Waals surface area contributed by atoms with E-state index >= 15 is 0 Å². The molecule has 0 aliphatic heterocycles. The summed E-state index contributed by atoms with van der Waals surface area (Å²) in [6.45, 7) is 19.3. The van der Waals surface area contributed by atoms with Gasteiger partial charge in [0.05, 0.1) is 17.6 Å². The van der Waals surface area contributed by atoms with Crippen LogP contribution in [0.4, 0.5) is 0 Å². The Bertz CT molecular complexity index is 1350. The molecule has 1 rings (SSSR count). The number of hydrogen-bond donors (Lipinski definition) is 7. The summed E-state index contributed by atoms with van der Waals surface area (Å²) in [7, 11) is 1.98. The van der Waals surface area contributed by atoms with Crippen molar-refractivity contribution in [1.29, 1.82) is 0 Å². The standard InChI is InChI=1S/C50H96N2O5.C7H9N.C4H11N.ClH/c1-7-11-13-25-35-45(53)37-27-21-17-15-16-20-24-34-44(5)47(55)52-43-33-31-41-50(10-4,48(56)57)49(9-3,40-30-32-42-51-6)39-29-23-19-18-22-28-38-46(54)36-26-14-12-8-2;8-6-7-4-2-1-3-5-7;1-3-5-4-2;/h21-22,27-28,44-46,51,53-54H,7-20,23-26,29-43H2,1-6H3,(H,52,55)(H,56,57);1-5H,6,8H2;5H,3-4H2,1-2H3;1H/b27-21-,28-22-;;;/t44?,45-,46-,49?,50?;;;/m1.../s1. The lowest BCUT2D eigenvalue weighted by Gasteiger charge is -2.49. The average molecular weight is 1020 g/mol. The number of carbonyl (C=O) groups excluding carboxylic acids is 1. The Labute approximate surface area is 445 Å². The van der Waals surface area contributed by atoms with E-state index in [9.17, 15) is 24.9 Å². The average Bonchev–Trinajstić information content (AvgIpc) is 3.37. The zero-order valence-corrected chi connectivity index (χ0v) is 48.3. The van der Waals surface area contributed by atoms with Crippen molar-refractivity contribution in [1.82, 2.24) is 16.0 Å². The Morgan fingerprint density at radius 2 is 1.08 bits per heavy atom. The van der Waals surface area contributed by atoms with E-state index in [2.05, 4.69) is 81.8 Å². The van der Waals surface area contributed by atoms with Crippen LogP contribution < -0.4 is 21.7 Å². The first-order chi connectivity index (χ1) is 33.9. The molecule has 0 saturated carbocycles. The number of nitrogens with two attached hydrogens (primary N) is 1. The number of carboxylic acid groups (broad SMARTS) is 1. The maximum Gasteiger partial charge on any atom is 0.310 e. The number of nitrogens with one attached hydrogen (secondary N) is 3. The van der Waals surface area contributed by atoms with Gasteiger partial charge in [-0.2, -0.15) is 0 Å². The van der Waals surface area contributed by atoms with Crippen LogP contribution in [0.1, 0.15) is 253 Å². The molecule has 0 spiro atoms. The van der Waals surface area contributed by atoms with Gasteiger partial charge in [0.15, 0.2) is 0 Å². The molecule has 0 heterocycles. The molecule has 0 radical (unpaired) electrons. The fraction of sp³-hybridized carbons (Fsp3) is 0.803. The summed E-state index contributed by atoms with van der Waals surface area (Å²) >= 11 is 0. The Morgan fingerprint density at radius 3 is 1.54 bits per heavy atom. The van der Waals surface area contributed by atoms with E-state index in [4.69, 9.17) is 5.73 Å². The van der Waals surface area contributed by atoms with E-state index in [0.717, 1.165) is 167 Å². The van der Waals surface area contributed by atoms with Gasteiger partial charge in [-0.1, -0.05) is 199 Å². The number of allylic oxidation sites excluding steroid dienone is 2. The summed E-state index contributed by atoms with van der Waals surface area (Å²) in [6.07, 6.45) is 39.6. The summed E-state index contributed by atoms with van der Waals surface area (Å²) in [4.78, 5) is 26.2. The molecule has 418 valence electrons. The second kappa shape index (κ2) is 52.6. The van der Waals surface area contributed by atoms with Gasteiger partial charge in [-0.25, -0.2) is 0 Å². The molecule has 71 heavy (non-hydrogen) atoms. The molecule has 10 heteroatoms. The summed E-state index contributed by atoms with van der Waals surface area (Å²) in [5.41, 5.74) is 5.52. The Morgan fingerprint density at radius 1 is 0.606 bits per heavy atom. The number of amides is 1. The molecule has 1 aromatic rings. The molecule has 0 bridgehead atoms. The lowest BCUT2D eigenvalue weighted by atomic mass is 9.54. The van der Waals surface area contributed by atoms with Gasteiger partial charge in [-0.05, 0) is 140 Å². The normalized spacial score (nSPS) is 14.3. The van der Waals surface area contributed by atoms with E-state index in [-0.39, 0.29) is 41.9 Å². The fourth-order valence-corrected chi connectivity index (χ4v) is 9.86. The summed E-state index contributed by atoms with van der Waals surface area (Å²) in [6, 6.07) is 9.99. The molecule has 5 atom stereocenters. The van der Waals surface area contributed by atoms with Crippen LogP contribution in [0.3, 0.4) is 0 Å². The number of unbranched alkanes of at least 4 members (excludes halogenated alkanes) is 15. The number of carboxylic acids is 1. The number of halogens is 1. The zero-order valence-electron chi connectivity index (χ0n) is 47.5. The van der Waals surface area contributed by atoms with Crippen LogP contribution in [0, 0.1) is 16.7 Å². The lowest BCUT2D eigenvalue weighted by Crippen LogP contribution is -2.48. The molecule has 3 unspecified atom stereocenters. The molecule has 0 aliphatic carbocycles. The minimum absolute atomic E-state index is 0. The van der Waals surface area contributed by atoms with Gasteiger partial charge in [0.25, 0.3) is 0 Å². The highest BCUT2D eigenvalue weighted by Gasteiger charge is 2.52. The van der Waals surface area contributed by atoms with Crippen molar-refractivity contribution < 1.29 is 24.9 Å². The highest BCUT2D eigenvalue weighted by Crippen LogP contribution is 2.55. The third kappa shape index (κ3) is 38.9. The van der Waals surface area contributed by atoms with Crippen molar-refractivity contribution in [3.8, 4) is 0 Å². The van der Waals surface area contributed by atoms with Gasteiger partial charge < -0.3 is 37.0 Å². The van der Waals surface area contributed by atoms with Crippen molar-refractivity contribution in [2.45, 2.75) is 266 Å². The van der Waals surface area contributed by atoms with E-state index in [0.29, 0.717) is 25.9 Å². The van der Waals surface area contributed by atoms with Crippen LogP contribution in [-0.4, -0.2) is 72.6 Å². The molecule has 0 aliphatic rings. The van der Waals surface area contributed by atoms with E-state index in [1.54, 1.807) is 0 Å². The molecular formula is C61H117ClN4O5. The van der Waals surface area contributed by atoms with Gasteiger partial charge >= 0.3 is 5.97 Å². The summed E-state index contributed by atoms with van der Waals surface area (Å²) in [5, 5.41) is 40.9. The monoisotopic (exact) mass is 1020 g/mol. The predicted octanol–water partition coefficient (Wildman–Crippen LogP) is 15.2. The molecule has 1 aromatic carbocycles. The number of carbonyl (C=O) groups is 2. The Kier molecular flexibility index (Phi) is 54.1. The Hall–Kier alpha value is -2.27. The minimum atomic E-state index is -0.767. The first-order valence-electron chi connectivity index (χ1n) is 29.2. The number of aliphatic hydroxyl groups excluding tert-OH is 2. The quantitative estimate of drug-likeness (QED) is 0.0251. The van der Waals surface area contributed by atoms with E-state index < -0.39 is 11.4 Å². The van der Waals surface area contributed by atoms with Gasteiger partial charge in [0.1, 0.15) is 0 Å². The van der Waals surface area contributed by atoms with Crippen molar-refractivity contribution in [2.24, 2.45) is 22.5 Å². The van der Waals surface area contributed by atoms with Gasteiger partial charge in [0, 0.05) is 19.0 Å². The minimum Gasteiger partial charge on any atom is -0.481 e. The van der Waals surface area contributed by atoms with Crippen molar-refractivity contribution in [3.05, 3.63) is 60.2 Å². The van der Waals surface area contributed by atoms with E-state index in [1.807, 2.05) is 44.3 Å². The van der Waals surface area contributed by atoms with Crippen LogP contribution in [0.5, 0.6) is 0 Å². The highest BCUT2D eigenvalue weighted by atomic mass is 35.5. The van der Waals surface area contributed by atoms with Gasteiger partial charge in [0.2, 0.25) is 5.91 Å². The van der Waals surface area contributed by atoms with Crippen LogP contribution in [-0.2, 0) is 16.1 Å². The second-order valence-electron chi connectivity index (χ2n) is 20.2. The predicted molar refractivity (Wildman–Crippen MR) is 311 cm³/mol. The maximum atomic E-state index is 13.3. The third-order valence-corrected chi connectivity index (χ3v) is 14.6. The van der Waals surface area contributed by atoms with Crippen LogP contribution >= 0.6 is 12.4 Å². The van der Waals surface area contributed by atoms with Crippen molar-refractivity contribution in [3.63, 3.8) is 0 Å². The van der Waals surface area contributed by atoms with E-state index in [1.165, 1.54) is 44.1 Å². The maximum absolute atomic E-state index is 13.3. The number of aliphatic hydroxyl groups is 2. The molecule has 9 nitrogen and oxygen atoms in total. The summed E-state index contributed by atoms with van der Waals surface area (Å²) < 4.78 is 0. The van der Waals surface area contributed by atoms with Crippen molar-refractivity contribution in [2.75, 3.05) is 33.2 Å². The van der Waals surface area contributed by atoms with Crippen molar-refractivity contribution >= 4 is 24.3 Å². The SMILES string of the molecule is CCCCCC[C@@H](O)C/C=C\CCCCCCC(C)C(=O)NCCCCC(CC)(C(=O)O)C(CC)(CCCCC/C=C\C[C@H](O)CCCCCC)CCCCNC.CCNCC.Cl.NCc1ccccc1.